The van der Waals surface area contributed by atoms with Crippen LogP contribution in [0.25, 0.3) is 11.4 Å². The van der Waals surface area contributed by atoms with Crippen LogP contribution in [0.5, 0.6) is 0 Å². The summed E-state index contributed by atoms with van der Waals surface area (Å²) in [5.74, 6) is 0.470. The van der Waals surface area contributed by atoms with Gasteiger partial charge in [-0.3, -0.25) is 9.78 Å². The second-order valence-corrected chi connectivity index (χ2v) is 3.52. The van der Waals surface area contributed by atoms with Gasteiger partial charge in [-0.15, -0.1) is 0 Å². The van der Waals surface area contributed by atoms with E-state index in [1.807, 2.05) is 0 Å². The van der Waals surface area contributed by atoms with Crippen molar-refractivity contribution in [1.82, 2.24) is 15.1 Å². The molecule has 0 amide bonds. The first-order chi connectivity index (χ1) is 7.68. The minimum Gasteiger partial charge on any atom is -0.338 e. The Hall–Kier alpha value is -2.04. The highest BCUT2D eigenvalue weighted by molar-refractivity contribution is 5.81. The molecule has 82 valence electrons. The normalized spacial score (nSPS) is 12.4. The van der Waals surface area contributed by atoms with E-state index in [0.717, 1.165) is 5.56 Å². The van der Waals surface area contributed by atoms with Crippen molar-refractivity contribution in [2.75, 3.05) is 0 Å². The van der Waals surface area contributed by atoms with Crippen LogP contribution in [0.4, 0.5) is 0 Å². The monoisotopic (exact) mass is 217 g/mol. The predicted octanol–water partition coefficient (Wildman–Crippen LogP) is 1.82. The van der Waals surface area contributed by atoms with Gasteiger partial charge in [0.1, 0.15) is 5.78 Å². The Labute approximate surface area is 92.5 Å². The third-order valence-corrected chi connectivity index (χ3v) is 2.36. The van der Waals surface area contributed by atoms with E-state index in [1.54, 1.807) is 31.5 Å². The summed E-state index contributed by atoms with van der Waals surface area (Å²) in [6, 6.07) is 3.57. The van der Waals surface area contributed by atoms with Gasteiger partial charge in [0.25, 0.3) is 0 Å². The molecule has 0 aliphatic heterocycles. The van der Waals surface area contributed by atoms with Crippen molar-refractivity contribution in [2.24, 2.45) is 0 Å². The van der Waals surface area contributed by atoms with Gasteiger partial charge in [0.15, 0.2) is 0 Å². The van der Waals surface area contributed by atoms with Crippen molar-refractivity contribution in [1.29, 1.82) is 0 Å². The zero-order chi connectivity index (χ0) is 11.5. The number of hydrogen-bond donors (Lipinski definition) is 0. The van der Waals surface area contributed by atoms with E-state index in [4.69, 9.17) is 4.52 Å². The number of rotatable bonds is 3. The lowest BCUT2D eigenvalue weighted by molar-refractivity contribution is -0.118. The van der Waals surface area contributed by atoms with Gasteiger partial charge in [-0.1, -0.05) is 5.16 Å². The summed E-state index contributed by atoms with van der Waals surface area (Å²) in [7, 11) is 0. The van der Waals surface area contributed by atoms with Crippen molar-refractivity contribution < 1.29 is 9.32 Å². The quantitative estimate of drug-likeness (QED) is 0.784. The average Bonchev–Trinajstić information content (AvgIpc) is 2.78. The van der Waals surface area contributed by atoms with Crippen molar-refractivity contribution in [3.8, 4) is 11.4 Å². The molecular weight excluding hydrogens is 206 g/mol. The highest BCUT2D eigenvalue weighted by atomic mass is 16.5. The Morgan fingerprint density at radius 3 is 2.69 bits per heavy atom. The molecule has 0 fully saturated rings. The fourth-order valence-electron chi connectivity index (χ4n) is 1.20. The van der Waals surface area contributed by atoms with E-state index in [1.165, 1.54) is 6.92 Å². The maximum Gasteiger partial charge on any atom is 0.237 e. The first kappa shape index (κ1) is 10.5. The van der Waals surface area contributed by atoms with Crippen LogP contribution in [0.3, 0.4) is 0 Å². The summed E-state index contributed by atoms with van der Waals surface area (Å²) in [4.78, 5) is 19.2. The van der Waals surface area contributed by atoms with Crippen LogP contribution in [0.2, 0.25) is 0 Å². The highest BCUT2D eigenvalue weighted by Crippen LogP contribution is 2.19. The molecule has 2 rings (SSSR count). The molecule has 0 aliphatic carbocycles. The number of carbonyl (C=O) groups excluding carboxylic acids is 1. The molecule has 0 aliphatic rings. The van der Waals surface area contributed by atoms with Crippen LogP contribution in [-0.2, 0) is 4.79 Å². The molecule has 0 spiro atoms. The SMILES string of the molecule is CC(=O)C(C)c1nc(-c2ccncc2)no1. The van der Waals surface area contributed by atoms with Gasteiger partial charge in [-0.05, 0) is 26.0 Å². The molecule has 2 heterocycles. The van der Waals surface area contributed by atoms with Crippen LogP contribution in [0.15, 0.2) is 29.0 Å². The van der Waals surface area contributed by atoms with E-state index in [-0.39, 0.29) is 11.7 Å². The van der Waals surface area contributed by atoms with Gasteiger partial charge < -0.3 is 4.52 Å². The Bertz CT molecular complexity index is 493. The van der Waals surface area contributed by atoms with Gasteiger partial charge in [-0.25, -0.2) is 0 Å². The maximum atomic E-state index is 11.2. The molecule has 0 N–H and O–H groups in total. The van der Waals surface area contributed by atoms with E-state index in [2.05, 4.69) is 15.1 Å². The minimum absolute atomic E-state index is 0.00456. The van der Waals surface area contributed by atoms with E-state index < -0.39 is 0 Å². The van der Waals surface area contributed by atoms with Crippen molar-refractivity contribution in [3.63, 3.8) is 0 Å². The first-order valence-electron chi connectivity index (χ1n) is 4.93. The molecule has 16 heavy (non-hydrogen) atoms. The number of ketones is 1. The van der Waals surface area contributed by atoms with E-state index in [9.17, 15) is 4.79 Å². The zero-order valence-electron chi connectivity index (χ0n) is 9.04. The number of aromatic nitrogens is 3. The number of pyridine rings is 1. The summed E-state index contributed by atoms with van der Waals surface area (Å²) in [5, 5.41) is 3.82. The Morgan fingerprint density at radius 1 is 1.38 bits per heavy atom. The van der Waals surface area contributed by atoms with Crippen LogP contribution in [0.1, 0.15) is 25.7 Å². The predicted molar refractivity (Wildman–Crippen MR) is 56.6 cm³/mol. The number of carbonyl (C=O) groups is 1. The molecule has 2 aromatic rings. The molecule has 0 saturated carbocycles. The summed E-state index contributed by atoms with van der Waals surface area (Å²) in [6.45, 7) is 3.24. The van der Waals surface area contributed by atoms with Gasteiger partial charge >= 0.3 is 0 Å². The largest absolute Gasteiger partial charge is 0.338 e. The molecule has 0 saturated heterocycles. The first-order valence-corrected chi connectivity index (χ1v) is 4.93. The topological polar surface area (TPSA) is 68.9 Å². The molecule has 0 aromatic carbocycles. The lowest BCUT2D eigenvalue weighted by Gasteiger charge is -1.98. The lowest BCUT2D eigenvalue weighted by atomic mass is 10.1. The van der Waals surface area contributed by atoms with Crippen molar-refractivity contribution in [3.05, 3.63) is 30.4 Å². The number of nitrogens with zero attached hydrogens (tertiary/aromatic N) is 3. The van der Waals surface area contributed by atoms with E-state index >= 15 is 0 Å². The summed E-state index contributed by atoms with van der Waals surface area (Å²) in [6.07, 6.45) is 3.31. The smallest absolute Gasteiger partial charge is 0.237 e. The zero-order valence-corrected chi connectivity index (χ0v) is 9.04. The van der Waals surface area contributed by atoms with Crippen LogP contribution < -0.4 is 0 Å². The van der Waals surface area contributed by atoms with Crippen LogP contribution >= 0.6 is 0 Å². The number of Topliss-reactive ketones (excluding diaryl/α,β-unsaturated/α-hetero) is 1. The molecule has 0 radical (unpaired) electrons. The molecule has 1 unspecified atom stereocenters. The Balaban J connectivity index is 2.30. The molecule has 1 atom stereocenters. The highest BCUT2D eigenvalue weighted by Gasteiger charge is 2.18. The molecule has 5 nitrogen and oxygen atoms in total. The van der Waals surface area contributed by atoms with E-state index in [0.29, 0.717) is 11.7 Å². The number of hydrogen-bond acceptors (Lipinski definition) is 5. The third kappa shape index (κ3) is 1.98. The summed E-state index contributed by atoms with van der Waals surface area (Å²) in [5.41, 5.74) is 0.820. The molecular formula is C11H11N3O2. The van der Waals surface area contributed by atoms with Crippen LogP contribution in [-0.4, -0.2) is 20.9 Å². The van der Waals surface area contributed by atoms with Gasteiger partial charge in [0.2, 0.25) is 11.7 Å². The standard InChI is InChI=1S/C11H11N3O2/c1-7(8(2)15)11-13-10(14-16-11)9-3-5-12-6-4-9/h3-7H,1-2H3. The van der Waals surface area contributed by atoms with Gasteiger partial charge in [0, 0.05) is 18.0 Å². The van der Waals surface area contributed by atoms with Crippen molar-refractivity contribution >= 4 is 5.78 Å². The van der Waals surface area contributed by atoms with Crippen molar-refractivity contribution in [2.45, 2.75) is 19.8 Å². The molecule has 5 heteroatoms. The Kier molecular flexibility index (Phi) is 2.76. The second kappa shape index (κ2) is 4.22. The maximum absolute atomic E-state index is 11.2. The van der Waals surface area contributed by atoms with Gasteiger partial charge in [-0.2, -0.15) is 4.98 Å². The summed E-state index contributed by atoms with van der Waals surface area (Å²) < 4.78 is 5.04. The fraction of sp³-hybridized carbons (Fsp3) is 0.273. The average molecular weight is 217 g/mol. The van der Waals surface area contributed by atoms with Crippen LogP contribution in [0, 0.1) is 0 Å². The molecule has 2 aromatic heterocycles. The minimum atomic E-state index is -0.358. The Morgan fingerprint density at radius 2 is 2.06 bits per heavy atom. The fourth-order valence-corrected chi connectivity index (χ4v) is 1.20. The third-order valence-electron chi connectivity index (χ3n) is 2.36. The summed E-state index contributed by atoms with van der Waals surface area (Å²) >= 11 is 0. The van der Waals surface area contributed by atoms with Gasteiger partial charge in [0.05, 0.1) is 5.92 Å². The second-order valence-electron chi connectivity index (χ2n) is 3.52. The molecule has 0 bridgehead atoms. The lowest BCUT2D eigenvalue weighted by Crippen LogP contribution is -2.04.